The minimum Gasteiger partial charge on any atom is -0.366 e. The zero-order chi connectivity index (χ0) is 29.3. The van der Waals surface area contributed by atoms with E-state index >= 15 is 0 Å². The second-order valence-electron chi connectivity index (χ2n) is 11.4. The minimum absolute atomic E-state index is 0.0664. The number of piperazine rings is 1. The Morgan fingerprint density at radius 1 is 1.20 bits per heavy atom. The molecule has 1 aromatic carbocycles. The number of nitrogens with one attached hydrogen (secondary N) is 1. The van der Waals surface area contributed by atoms with Crippen LogP contribution in [0.1, 0.15) is 37.0 Å². The molecule has 0 aliphatic carbocycles. The molecule has 0 spiro atoms. The van der Waals surface area contributed by atoms with Crippen molar-refractivity contribution in [2.24, 2.45) is 11.8 Å². The number of ketones is 1. The summed E-state index contributed by atoms with van der Waals surface area (Å²) in [6, 6.07) is 5.02. The topological polar surface area (TPSA) is 95.1 Å². The summed E-state index contributed by atoms with van der Waals surface area (Å²) in [4.78, 5) is 49.9. The van der Waals surface area contributed by atoms with Crippen LogP contribution < -0.4 is 10.2 Å². The highest BCUT2D eigenvalue weighted by Crippen LogP contribution is 2.33. The van der Waals surface area contributed by atoms with Gasteiger partial charge in [-0.05, 0) is 37.9 Å². The fourth-order valence-corrected chi connectivity index (χ4v) is 6.48. The van der Waals surface area contributed by atoms with Gasteiger partial charge in [-0.25, -0.2) is 4.98 Å². The van der Waals surface area contributed by atoms with Crippen LogP contribution in [0.3, 0.4) is 0 Å². The van der Waals surface area contributed by atoms with Gasteiger partial charge in [0.25, 0.3) is 5.91 Å². The first-order valence-electron chi connectivity index (χ1n) is 14.1. The number of aromatic nitrogens is 1. The van der Waals surface area contributed by atoms with Crippen LogP contribution in [0.4, 0.5) is 9.52 Å². The Kier molecular flexibility index (Phi) is 8.73. The van der Waals surface area contributed by atoms with Crippen molar-refractivity contribution < 1.29 is 23.5 Å². The normalized spacial score (nSPS) is 23.5. The summed E-state index contributed by atoms with van der Waals surface area (Å²) in [5.74, 6) is 1.67. The van der Waals surface area contributed by atoms with Gasteiger partial charge in [0.05, 0.1) is 5.92 Å². The van der Waals surface area contributed by atoms with Crippen molar-refractivity contribution >= 4 is 34.1 Å². The number of thiazole rings is 1. The number of carbonyl (C=O) groups is 3. The standard InChI is InChI=1S/C30H36FN5O4S/c1-5-19-16-36(25-23(37)17-40-26(19)25)29(39)22(11-6-18(2)3)32-28(38)21-9-7-20(8-10-21)24-27(31)41-30(33-24)35-14-12-34(4)13-15-35/h1,7-10,18-19,22,25-26H,6,11-17H2,2-4H3,(H,32,38)/t19-,22+,25-,26-/m1/s1. The van der Waals surface area contributed by atoms with Gasteiger partial charge in [0.2, 0.25) is 11.0 Å². The van der Waals surface area contributed by atoms with E-state index in [1.165, 1.54) is 4.90 Å². The van der Waals surface area contributed by atoms with Crippen molar-refractivity contribution in [2.45, 2.75) is 44.9 Å². The fraction of sp³-hybridized carbons (Fsp3) is 0.533. The Labute approximate surface area is 244 Å². The number of amides is 2. The average Bonchev–Trinajstić information content (AvgIpc) is 3.65. The second-order valence-corrected chi connectivity index (χ2v) is 12.4. The summed E-state index contributed by atoms with van der Waals surface area (Å²) >= 11 is 1.03. The molecule has 3 fully saturated rings. The Morgan fingerprint density at radius 2 is 1.90 bits per heavy atom. The zero-order valence-electron chi connectivity index (χ0n) is 23.6. The summed E-state index contributed by atoms with van der Waals surface area (Å²) in [5, 5.41) is 3.17. The van der Waals surface area contributed by atoms with E-state index in [1.807, 2.05) is 13.8 Å². The smallest absolute Gasteiger partial charge is 0.251 e. The molecule has 1 aromatic heterocycles. The highest BCUT2D eigenvalue weighted by atomic mass is 32.1. The Morgan fingerprint density at radius 3 is 2.56 bits per heavy atom. The predicted molar refractivity (Wildman–Crippen MR) is 155 cm³/mol. The van der Waals surface area contributed by atoms with Crippen LogP contribution in [-0.2, 0) is 14.3 Å². The number of terminal acetylenes is 1. The number of likely N-dealkylation sites (tertiary alicyclic amines) is 1. The predicted octanol–water partition coefficient (Wildman–Crippen LogP) is 2.66. The lowest BCUT2D eigenvalue weighted by atomic mass is 10.0. The Bertz CT molecular complexity index is 1330. The number of nitrogens with zero attached hydrogens (tertiary/aromatic N) is 4. The molecule has 0 radical (unpaired) electrons. The summed E-state index contributed by atoms with van der Waals surface area (Å²) < 4.78 is 20.5. The maximum absolute atomic E-state index is 14.9. The van der Waals surface area contributed by atoms with E-state index < -0.39 is 24.1 Å². The Balaban J connectivity index is 1.29. The monoisotopic (exact) mass is 581 g/mol. The molecular weight excluding hydrogens is 545 g/mol. The van der Waals surface area contributed by atoms with Gasteiger partial charge in [-0.1, -0.05) is 43.2 Å². The van der Waals surface area contributed by atoms with Crippen LogP contribution in [0.15, 0.2) is 24.3 Å². The molecule has 218 valence electrons. The van der Waals surface area contributed by atoms with Gasteiger partial charge in [0.15, 0.2) is 10.9 Å². The molecule has 41 heavy (non-hydrogen) atoms. The van der Waals surface area contributed by atoms with Crippen molar-refractivity contribution in [1.29, 1.82) is 0 Å². The third kappa shape index (κ3) is 6.15. The third-order valence-electron chi connectivity index (χ3n) is 8.09. The van der Waals surface area contributed by atoms with Crippen molar-refractivity contribution in [1.82, 2.24) is 20.1 Å². The van der Waals surface area contributed by atoms with Crippen LogP contribution in [-0.4, -0.2) is 96.9 Å². The zero-order valence-corrected chi connectivity index (χ0v) is 24.5. The molecular formula is C30H36FN5O4S. The molecule has 11 heteroatoms. The number of halogens is 1. The maximum atomic E-state index is 14.9. The second kappa shape index (κ2) is 12.3. The maximum Gasteiger partial charge on any atom is 0.251 e. The molecule has 2 amide bonds. The molecule has 5 rings (SSSR count). The van der Waals surface area contributed by atoms with Crippen LogP contribution in [0, 0.1) is 29.3 Å². The van der Waals surface area contributed by atoms with E-state index in [1.54, 1.807) is 24.3 Å². The van der Waals surface area contributed by atoms with Gasteiger partial charge >= 0.3 is 0 Å². The van der Waals surface area contributed by atoms with E-state index in [4.69, 9.17) is 11.2 Å². The molecule has 0 bridgehead atoms. The quantitative estimate of drug-likeness (QED) is 0.479. The summed E-state index contributed by atoms with van der Waals surface area (Å²) in [6.07, 6.45) is 6.28. The van der Waals surface area contributed by atoms with Crippen LogP contribution in [0.2, 0.25) is 0 Å². The van der Waals surface area contributed by atoms with Gasteiger partial charge in [-0.2, -0.15) is 4.39 Å². The first-order valence-corrected chi connectivity index (χ1v) is 14.9. The number of fused-ring (bicyclic) bond motifs is 1. The average molecular weight is 582 g/mol. The number of ether oxygens (including phenoxy) is 1. The number of benzene rings is 1. The van der Waals surface area contributed by atoms with Gasteiger partial charge in [-0.3, -0.25) is 14.4 Å². The number of likely N-dealkylation sites (N-methyl/N-ethyl adjacent to an activating group) is 1. The van der Waals surface area contributed by atoms with Crippen LogP contribution in [0.5, 0.6) is 0 Å². The van der Waals surface area contributed by atoms with E-state index in [2.05, 4.69) is 33.1 Å². The van der Waals surface area contributed by atoms with E-state index in [0.29, 0.717) is 35.0 Å². The molecule has 2 aromatic rings. The lowest BCUT2D eigenvalue weighted by Gasteiger charge is -2.31. The molecule has 0 saturated carbocycles. The molecule has 0 unspecified atom stereocenters. The fourth-order valence-electron chi connectivity index (χ4n) is 5.61. The molecule has 3 saturated heterocycles. The number of carbonyl (C=O) groups excluding carboxylic acids is 3. The summed E-state index contributed by atoms with van der Waals surface area (Å²) in [7, 11) is 2.06. The van der Waals surface area contributed by atoms with Crippen LogP contribution >= 0.6 is 11.3 Å². The number of rotatable bonds is 8. The molecule has 4 atom stereocenters. The van der Waals surface area contributed by atoms with Gasteiger partial charge in [0.1, 0.15) is 30.5 Å². The third-order valence-corrected chi connectivity index (χ3v) is 8.99. The number of Topliss-reactive ketones (excluding diaryl/α,β-unsaturated/α-hetero) is 1. The number of hydrogen-bond donors (Lipinski definition) is 1. The lowest BCUT2D eigenvalue weighted by molar-refractivity contribution is -0.138. The lowest BCUT2D eigenvalue weighted by Crippen LogP contribution is -2.52. The van der Waals surface area contributed by atoms with E-state index in [-0.39, 0.29) is 41.6 Å². The van der Waals surface area contributed by atoms with Crippen molar-refractivity contribution in [3.8, 4) is 23.6 Å². The molecule has 3 aliphatic heterocycles. The molecule has 3 aliphatic rings. The molecule has 1 N–H and O–H groups in total. The summed E-state index contributed by atoms with van der Waals surface area (Å²) in [5.41, 5.74) is 1.18. The van der Waals surface area contributed by atoms with Crippen LogP contribution in [0.25, 0.3) is 11.3 Å². The SMILES string of the molecule is C#C[C@@H]1CN(C(=O)[C@H](CCC(C)C)NC(=O)c2ccc(-c3nc(N4CCN(C)CC4)sc3F)cc2)[C@@H]2C(=O)CO[C@H]12. The molecule has 4 heterocycles. The van der Waals surface area contributed by atoms with Crippen molar-refractivity contribution in [3.05, 3.63) is 35.0 Å². The number of anilines is 1. The van der Waals surface area contributed by atoms with Crippen molar-refractivity contribution in [3.63, 3.8) is 0 Å². The van der Waals surface area contributed by atoms with Gasteiger partial charge < -0.3 is 24.8 Å². The number of hydrogen-bond acceptors (Lipinski definition) is 8. The first-order chi connectivity index (χ1) is 19.7. The molecule has 9 nitrogen and oxygen atoms in total. The van der Waals surface area contributed by atoms with Gasteiger partial charge in [-0.15, -0.1) is 6.42 Å². The minimum atomic E-state index is -0.822. The highest BCUT2D eigenvalue weighted by Gasteiger charge is 2.52. The van der Waals surface area contributed by atoms with Gasteiger partial charge in [0, 0.05) is 43.9 Å². The van der Waals surface area contributed by atoms with Crippen molar-refractivity contribution in [2.75, 3.05) is 51.3 Å². The van der Waals surface area contributed by atoms with E-state index in [9.17, 15) is 18.8 Å². The summed E-state index contributed by atoms with van der Waals surface area (Å²) in [6.45, 7) is 7.62. The largest absolute Gasteiger partial charge is 0.366 e. The first kappa shape index (κ1) is 29.2. The van der Waals surface area contributed by atoms with E-state index in [0.717, 1.165) is 37.5 Å². The Hall–Kier alpha value is -3.33. The highest BCUT2D eigenvalue weighted by molar-refractivity contribution is 7.14.